The SMILES string of the molecule is CCN(CC)c1ccc(NS(=O)(=O)CCCN)cc1. The first-order chi connectivity index (χ1) is 9.02. The van der Waals surface area contributed by atoms with Gasteiger partial charge in [0.15, 0.2) is 0 Å². The summed E-state index contributed by atoms with van der Waals surface area (Å²) in [7, 11) is -3.28. The Bertz CT molecular complexity index is 467. The molecule has 6 heteroatoms. The van der Waals surface area contributed by atoms with Gasteiger partial charge in [0, 0.05) is 24.5 Å². The second-order valence-electron chi connectivity index (χ2n) is 4.28. The van der Waals surface area contributed by atoms with Crippen LogP contribution in [-0.2, 0) is 10.0 Å². The Morgan fingerprint density at radius 1 is 1.16 bits per heavy atom. The first-order valence-electron chi connectivity index (χ1n) is 6.58. The Kier molecular flexibility index (Phi) is 6.11. The molecule has 0 fully saturated rings. The normalized spacial score (nSPS) is 11.3. The van der Waals surface area contributed by atoms with E-state index in [1.165, 1.54) is 0 Å². The van der Waals surface area contributed by atoms with Crippen molar-refractivity contribution in [2.24, 2.45) is 5.73 Å². The zero-order valence-corrected chi connectivity index (χ0v) is 12.4. The van der Waals surface area contributed by atoms with Crippen molar-refractivity contribution in [2.45, 2.75) is 20.3 Å². The van der Waals surface area contributed by atoms with Gasteiger partial charge in [0.1, 0.15) is 0 Å². The van der Waals surface area contributed by atoms with Crippen molar-refractivity contribution < 1.29 is 8.42 Å². The molecular formula is C13H23N3O2S. The fraction of sp³-hybridized carbons (Fsp3) is 0.538. The third kappa shape index (κ3) is 5.08. The number of benzene rings is 1. The average molecular weight is 285 g/mol. The van der Waals surface area contributed by atoms with Crippen molar-refractivity contribution in [3.8, 4) is 0 Å². The maximum atomic E-state index is 11.7. The zero-order valence-electron chi connectivity index (χ0n) is 11.6. The van der Waals surface area contributed by atoms with Crippen LogP contribution < -0.4 is 15.4 Å². The van der Waals surface area contributed by atoms with Crippen molar-refractivity contribution in [3.05, 3.63) is 24.3 Å². The minimum absolute atomic E-state index is 0.0568. The summed E-state index contributed by atoms with van der Waals surface area (Å²) in [5.74, 6) is 0.0568. The number of nitrogens with two attached hydrogens (primary N) is 1. The van der Waals surface area contributed by atoms with E-state index in [2.05, 4.69) is 23.5 Å². The van der Waals surface area contributed by atoms with Gasteiger partial charge in [0.2, 0.25) is 10.0 Å². The van der Waals surface area contributed by atoms with Crippen LogP contribution in [0.5, 0.6) is 0 Å². The number of hydrogen-bond donors (Lipinski definition) is 2. The van der Waals surface area contributed by atoms with Crippen LogP contribution in [0.25, 0.3) is 0 Å². The van der Waals surface area contributed by atoms with Crippen LogP contribution >= 0.6 is 0 Å². The smallest absolute Gasteiger partial charge is 0.232 e. The molecule has 108 valence electrons. The van der Waals surface area contributed by atoms with Crippen molar-refractivity contribution >= 4 is 21.4 Å². The molecule has 0 radical (unpaired) electrons. The van der Waals surface area contributed by atoms with E-state index < -0.39 is 10.0 Å². The molecule has 0 saturated carbocycles. The van der Waals surface area contributed by atoms with Gasteiger partial charge < -0.3 is 10.6 Å². The standard InChI is InChI=1S/C13H23N3O2S/c1-3-16(4-2)13-8-6-12(7-9-13)15-19(17,18)11-5-10-14/h6-9,15H,3-5,10-11,14H2,1-2H3. The molecule has 0 aliphatic heterocycles. The van der Waals surface area contributed by atoms with Crippen LogP contribution in [0.3, 0.4) is 0 Å². The van der Waals surface area contributed by atoms with E-state index in [4.69, 9.17) is 5.73 Å². The Balaban J connectivity index is 2.71. The second-order valence-corrected chi connectivity index (χ2v) is 6.12. The molecule has 0 bridgehead atoms. The third-order valence-corrected chi connectivity index (χ3v) is 4.26. The van der Waals surface area contributed by atoms with Gasteiger partial charge in [-0.25, -0.2) is 8.42 Å². The minimum Gasteiger partial charge on any atom is -0.372 e. The number of sulfonamides is 1. The molecule has 1 aromatic carbocycles. The van der Waals surface area contributed by atoms with Gasteiger partial charge in [-0.05, 0) is 51.1 Å². The fourth-order valence-electron chi connectivity index (χ4n) is 1.83. The van der Waals surface area contributed by atoms with Gasteiger partial charge in [-0.2, -0.15) is 0 Å². The van der Waals surface area contributed by atoms with Crippen LogP contribution in [0.15, 0.2) is 24.3 Å². The molecule has 5 nitrogen and oxygen atoms in total. The van der Waals surface area contributed by atoms with Crippen molar-refractivity contribution in [1.29, 1.82) is 0 Å². The summed E-state index contributed by atoms with van der Waals surface area (Å²) >= 11 is 0. The maximum absolute atomic E-state index is 11.7. The molecule has 0 saturated heterocycles. The summed E-state index contributed by atoms with van der Waals surface area (Å²) in [5.41, 5.74) is 7.00. The number of nitrogens with one attached hydrogen (secondary N) is 1. The molecule has 0 amide bonds. The number of hydrogen-bond acceptors (Lipinski definition) is 4. The molecule has 0 unspecified atom stereocenters. The highest BCUT2D eigenvalue weighted by molar-refractivity contribution is 7.92. The molecule has 0 heterocycles. The summed E-state index contributed by atoms with van der Waals surface area (Å²) in [4.78, 5) is 2.20. The summed E-state index contributed by atoms with van der Waals surface area (Å²) in [6, 6.07) is 7.42. The average Bonchev–Trinajstić information content (AvgIpc) is 2.39. The van der Waals surface area contributed by atoms with E-state index in [1.807, 2.05) is 12.1 Å². The molecule has 0 aliphatic carbocycles. The van der Waals surface area contributed by atoms with Crippen LogP contribution in [0.1, 0.15) is 20.3 Å². The van der Waals surface area contributed by atoms with E-state index in [1.54, 1.807) is 12.1 Å². The Labute approximate surface area is 115 Å². The van der Waals surface area contributed by atoms with Gasteiger partial charge in [-0.1, -0.05) is 0 Å². The topological polar surface area (TPSA) is 75.4 Å². The lowest BCUT2D eigenvalue weighted by molar-refractivity contribution is 0.599. The monoisotopic (exact) mass is 285 g/mol. The van der Waals surface area contributed by atoms with Gasteiger partial charge in [-0.3, -0.25) is 4.72 Å². The van der Waals surface area contributed by atoms with Gasteiger partial charge in [-0.15, -0.1) is 0 Å². The molecular weight excluding hydrogens is 262 g/mol. The van der Waals surface area contributed by atoms with E-state index in [0.29, 0.717) is 18.7 Å². The summed E-state index contributed by atoms with van der Waals surface area (Å²) in [5, 5.41) is 0. The number of nitrogens with zero attached hydrogens (tertiary/aromatic N) is 1. The highest BCUT2D eigenvalue weighted by atomic mass is 32.2. The van der Waals surface area contributed by atoms with Crippen LogP contribution in [0.2, 0.25) is 0 Å². The van der Waals surface area contributed by atoms with Crippen LogP contribution in [0.4, 0.5) is 11.4 Å². The first kappa shape index (κ1) is 15.8. The second kappa shape index (κ2) is 7.35. The first-order valence-corrected chi connectivity index (χ1v) is 8.23. The molecule has 1 rings (SSSR count). The Morgan fingerprint density at radius 3 is 2.21 bits per heavy atom. The van der Waals surface area contributed by atoms with Crippen molar-refractivity contribution in [1.82, 2.24) is 0 Å². The zero-order chi connectivity index (χ0) is 14.3. The molecule has 3 N–H and O–H groups in total. The number of rotatable bonds is 8. The Morgan fingerprint density at radius 2 is 1.74 bits per heavy atom. The summed E-state index contributed by atoms with van der Waals surface area (Å²) < 4.78 is 26.0. The lowest BCUT2D eigenvalue weighted by Crippen LogP contribution is -2.22. The van der Waals surface area contributed by atoms with Crippen molar-refractivity contribution in [3.63, 3.8) is 0 Å². The van der Waals surface area contributed by atoms with Gasteiger partial charge in [0.25, 0.3) is 0 Å². The summed E-state index contributed by atoms with van der Waals surface area (Å²) in [6.45, 7) is 6.41. The highest BCUT2D eigenvalue weighted by Gasteiger charge is 2.09. The van der Waals surface area contributed by atoms with Crippen LogP contribution in [-0.4, -0.2) is 33.8 Å². The van der Waals surface area contributed by atoms with E-state index >= 15 is 0 Å². The van der Waals surface area contributed by atoms with Crippen LogP contribution in [0, 0.1) is 0 Å². The third-order valence-electron chi connectivity index (χ3n) is 2.89. The maximum Gasteiger partial charge on any atom is 0.232 e. The van der Waals surface area contributed by atoms with Gasteiger partial charge >= 0.3 is 0 Å². The van der Waals surface area contributed by atoms with E-state index in [0.717, 1.165) is 18.8 Å². The Hall–Kier alpha value is -1.27. The molecule has 1 aromatic rings. The van der Waals surface area contributed by atoms with Gasteiger partial charge in [0.05, 0.1) is 5.75 Å². The lowest BCUT2D eigenvalue weighted by atomic mass is 10.2. The summed E-state index contributed by atoms with van der Waals surface area (Å²) in [6.07, 6.45) is 0.465. The largest absolute Gasteiger partial charge is 0.372 e. The fourth-order valence-corrected chi connectivity index (χ4v) is 2.98. The molecule has 0 aromatic heterocycles. The molecule has 0 atom stereocenters. The predicted molar refractivity (Wildman–Crippen MR) is 81.1 cm³/mol. The minimum atomic E-state index is -3.28. The highest BCUT2D eigenvalue weighted by Crippen LogP contribution is 2.18. The molecule has 19 heavy (non-hydrogen) atoms. The van der Waals surface area contributed by atoms with Crippen molar-refractivity contribution in [2.75, 3.05) is 35.0 Å². The lowest BCUT2D eigenvalue weighted by Gasteiger charge is -2.21. The molecule has 0 spiro atoms. The van der Waals surface area contributed by atoms with E-state index in [9.17, 15) is 8.42 Å². The quantitative estimate of drug-likeness (QED) is 0.761. The van der Waals surface area contributed by atoms with E-state index in [-0.39, 0.29) is 5.75 Å². The molecule has 0 aliphatic rings. The number of anilines is 2. The predicted octanol–water partition coefficient (Wildman–Crippen LogP) is 1.62.